The molecular weight excluding hydrogens is 240 g/mol. The Bertz CT molecular complexity index is 446. The fourth-order valence-corrected chi connectivity index (χ4v) is 3.25. The van der Waals surface area contributed by atoms with E-state index in [4.69, 9.17) is 0 Å². The number of piperidine rings is 1. The summed E-state index contributed by atoms with van der Waals surface area (Å²) in [6.07, 6.45) is 4.99. The van der Waals surface area contributed by atoms with E-state index in [9.17, 15) is 9.90 Å². The molecule has 2 atom stereocenters. The fraction of sp³-hybridized carbons (Fsp3) is 0.533. The summed E-state index contributed by atoms with van der Waals surface area (Å²) in [6.45, 7) is 0. The van der Waals surface area contributed by atoms with Gasteiger partial charge >= 0.3 is 0 Å². The summed E-state index contributed by atoms with van der Waals surface area (Å²) in [5.41, 5.74) is 0.937. The van der Waals surface area contributed by atoms with E-state index >= 15 is 0 Å². The summed E-state index contributed by atoms with van der Waals surface area (Å²) in [5, 5.41) is 15.9. The number of carbonyl (C=O) groups is 1. The first-order valence-electron chi connectivity index (χ1n) is 7.02. The molecule has 2 heterocycles. The minimum atomic E-state index is 0.0805. The number of aromatic hydroxyl groups is 1. The second-order valence-corrected chi connectivity index (χ2v) is 5.72. The zero-order valence-electron chi connectivity index (χ0n) is 10.9. The van der Waals surface area contributed by atoms with Gasteiger partial charge in [-0.1, -0.05) is 12.1 Å². The van der Waals surface area contributed by atoms with Gasteiger partial charge in [0.15, 0.2) is 0 Å². The number of carbonyl (C=O) groups excluding carboxylic acids is 1. The molecule has 0 spiro atoms. The molecular formula is C15H20N2O2. The van der Waals surface area contributed by atoms with Crippen LogP contribution in [0.25, 0.3) is 0 Å². The summed E-state index contributed by atoms with van der Waals surface area (Å²) < 4.78 is 0. The van der Waals surface area contributed by atoms with Crippen molar-refractivity contribution in [3.05, 3.63) is 29.8 Å². The van der Waals surface area contributed by atoms with Crippen molar-refractivity contribution in [2.24, 2.45) is 0 Å². The van der Waals surface area contributed by atoms with Gasteiger partial charge in [0.25, 0.3) is 0 Å². The second-order valence-electron chi connectivity index (χ2n) is 5.72. The van der Waals surface area contributed by atoms with Crippen molar-refractivity contribution >= 4 is 5.91 Å². The van der Waals surface area contributed by atoms with E-state index in [0.717, 1.165) is 18.4 Å². The van der Waals surface area contributed by atoms with Crippen LogP contribution in [0, 0.1) is 0 Å². The lowest BCUT2D eigenvalue weighted by Crippen LogP contribution is -2.48. The summed E-state index contributed by atoms with van der Waals surface area (Å²) in [6, 6.07) is 8.34. The molecule has 0 saturated carbocycles. The first-order chi connectivity index (χ1) is 9.19. The predicted molar refractivity (Wildman–Crippen MR) is 72.9 cm³/mol. The Morgan fingerprint density at radius 1 is 1.21 bits per heavy atom. The Labute approximate surface area is 113 Å². The maximum atomic E-state index is 12.0. The monoisotopic (exact) mass is 260 g/mol. The Morgan fingerprint density at radius 3 is 2.47 bits per heavy atom. The number of hydrogen-bond donors (Lipinski definition) is 3. The standard InChI is InChI=1S/C15H20N2O2/c18-14-5-1-10(2-6-14)7-15(19)17-13-8-11-3-4-12(9-13)16-11/h1-2,5-6,11-13,16,18H,3-4,7-9H2,(H,17,19). The van der Waals surface area contributed by atoms with Gasteiger partial charge in [-0.2, -0.15) is 0 Å². The SMILES string of the molecule is O=C(Cc1ccc(O)cc1)NC1CC2CCC(C1)N2. The third-order valence-electron chi connectivity index (χ3n) is 4.14. The van der Waals surface area contributed by atoms with Gasteiger partial charge in [-0.05, 0) is 43.4 Å². The molecule has 3 rings (SSSR count). The zero-order chi connectivity index (χ0) is 13.2. The van der Waals surface area contributed by atoms with Gasteiger partial charge in [0.1, 0.15) is 5.75 Å². The molecule has 0 radical (unpaired) electrons. The number of fused-ring (bicyclic) bond motifs is 2. The smallest absolute Gasteiger partial charge is 0.224 e. The van der Waals surface area contributed by atoms with E-state index in [0.29, 0.717) is 24.5 Å². The van der Waals surface area contributed by atoms with Crippen LogP contribution in [0.2, 0.25) is 0 Å². The molecule has 102 valence electrons. The number of hydrogen-bond acceptors (Lipinski definition) is 3. The van der Waals surface area contributed by atoms with Crippen molar-refractivity contribution in [3.63, 3.8) is 0 Å². The number of phenolic OH excluding ortho intramolecular Hbond substituents is 1. The third kappa shape index (κ3) is 3.07. The van der Waals surface area contributed by atoms with Crippen LogP contribution in [0.5, 0.6) is 5.75 Å². The van der Waals surface area contributed by atoms with Gasteiger partial charge in [-0.3, -0.25) is 4.79 Å². The highest BCUT2D eigenvalue weighted by Crippen LogP contribution is 2.26. The Morgan fingerprint density at radius 2 is 1.84 bits per heavy atom. The first kappa shape index (κ1) is 12.5. The molecule has 2 aliphatic rings. The van der Waals surface area contributed by atoms with Crippen LogP contribution in [0.1, 0.15) is 31.2 Å². The molecule has 2 saturated heterocycles. The van der Waals surface area contributed by atoms with Gasteiger partial charge in [-0.25, -0.2) is 0 Å². The van der Waals surface area contributed by atoms with Gasteiger partial charge in [0.05, 0.1) is 6.42 Å². The highest BCUT2D eigenvalue weighted by molar-refractivity contribution is 5.78. The normalized spacial score (nSPS) is 29.2. The van der Waals surface area contributed by atoms with Crippen molar-refractivity contribution in [2.45, 2.75) is 50.2 Å². The topological polar surface area (TPSA) is 61.4 Å². The molecule has 2 fully saturated rings. The van der Waals surface area contributed by atoms with Crippen molar-refractivity contribution in [1.82, 2.24) is 10.6 Å². The number of rotatable bonds is 3. The van der Waals surface area contributed by atoms with Crippen LogP contribution >= 0.6 is 0 Å². The quantitative estimate of drug-likeness (QED) is 0.768. The van der Waals surface area contributed by atoms with E-state index in [1.807, 2.05) is 0 Å². The van der Waals surface area contributed by atoms with Gasteiger partial charge in [0, 0.05) is 18.1 Å². The van der Waals surface area contributed by atoms with E-state index in [1.54, 1.807) is 24.3 Å². The van der Waals surface area contributed by atoms with Crippen molar-refractivity contribution < 1.29 is 9.90 Å². The molecule has 1 amide bonds. The summed E-state index contributed by atoms with van der Waals surface area (Å²) in [7, 11) is 0. The highest BCUT2D eigenvalue weighted by atomic mass is 16.3. The lowest BCUT2D eigenvalue weighted by molar-refractivity contribution is -0.121. The summed E-state index contributed by atoms with van der Waals surface area (Å²) >= 11 is 0. The molecule has 19 heavy (non-hydrogen) atoms. The summed E-state index contributed by atoms with van der Waals surface area (Å²) in [4.78, 5) is 12.0. The lowest BCUT2D eigenvalue weighted by Gasteiger charge is -2.29. The average molecular weight is 260 g/mol. The maximum absolute atomic E-state index is 12.0. The van der Waals surface area contributed by atoms with Crippen LogP contribution in [0.3, 0.4) is 0 Å². The fourth-order valence-electron chi connectivity index (χ4n) is 3.25. The summed E-state index contributed by atoms with van der Waals surface area (Å²) in [5.74, 6) is 0.316. The molecule has 4 nitrogen and oxygen atoms in total. The Balaban J connectivity index is 1.52. The molecule has 3 N–H and O–H groups in total. The first-order valence-corrected chi connectivity index (χ1v) is 7.02. The molecule has 0 aliphatic carbocycles. The second kappa shape index (κ2) is 5.21. The van der Waals surface area contributed by atoms with E-state index in [2.05, 4.69) is 10.6 Å². The lowest BCUT2D eigenvalue weighted by atomic mass is 9.99. The Hall–Kier alpha value is -1.55. The number of benzene rings is 1. The third-order valence-corrected chi connectivity index (χ3v) is 4.14. The predicted octanol–water partition coefficient (Wildman–Crippen LogP) is 1.33. The Kier molecular flexibility index (Phi) is 3.42. The molecule has 2 aliphatic heterocycles. The zero-order valence-corrected chi connectivity index (χ0v) is 10.9. The van der Waals surface area contributed by atoms with Gasteiger partial charge < -0.3 is 15.7 Å². The minimum Gasteiger partial charge on any atom is -0.508 e. The van der Waals surface area contributed by atoms with Crippen LogP contribution in [0.15, 0.2) is 24.3 Å². The molecule has 2 unspecified atom stereocenters. The van der Waals surface area contributed by atoms with Crippen molar-refractivity contribution in [1.29, 1.82) is 0 Å². The van der Waals surface area contributed by atoms with Gasteiger partial charge in [-0.15, -0.1) is 0 Å². The number of nitrogens with one attached hydrogen (secondary N) is 2. The number of phenols is 1. The minimum absolute atomic E-state index is 0.0805. The van der Waals surface area contributed by atoms with E-state index < -0.39 is 0 Å². The van der Waals surface area contributed by atoms with Gasteiger partial charge in [0.2, 0.25) is 5.91 Å². The highest BCUT2D eigenvalue weighted by Gasteiger charge is 2.33. The van der Waals surface area contributed by atoms with E-state index in [-0.39, 0.29) is 11.7 Å². The molecule has 1 aromatic rings. The maximum Gasteiger partial charge on any atom is 0.224 e. The average Bonchev–Trinajstić information content (AvgIpc) is 2.72. The molecule has 0 aromatic heterocycles. The van der Waals surface area contributed by atoms with E-state index in [1.165, 1.54) is 12.8 Å². The van der Waals surface area contributed by atoms with Crippen LogP contribution < -0.4 is 10.6 Å². The largest absolute Gasteiger partial charge is 0.508 e. The molecule has 2 bridgehead atoms. The van der Waals surface area contributed by atoms with Crippen LogP contribution in [-0.4, -0.2) is 29.1 Å². The van der Waals surface area contributed by atoms with Crippen LogP contribution in [0.4, 0.5) is 0 Å². The van der Waals surface area contributed by atoms with Crippen LogP contribution in [-0.2, 0) is 11.2 Å². The number of amides is 1. The van der Waals surface area contributed by atoms with Crippen molar-refractivity contribution in [3.8, 4) is 5.75 Å². The van der Waals surface area contributed by atoms with Crippen molar-refractivity contribution in [2.75, 3.05) is 0 Å². The molecule has 4 heteroatoms. The molecule has 1 aromatic carbocycles.